The summed E-state index contributed by atoms with van der Waals surface area (Å²) in [6.07, 6.45) is 3.54. The quantitative estimate of drug-likeness (QED) is 0.400. The van der Waals surface area contributed by atoms with Crippen molar-refractivity contribution in [3.05, 3.63) is 70.8 Å². The number of para-hydroxylation sites is 1. The van der Waals surface area contributed by atoms with Crippen LogP contribution in [-0.2, 0) is 17.8 Å². The predicted octanol–water partition coefficient (Wildman–Crippen LogP) is 3.77. The molecular weight excluding hydrogens is 456 g/mol. The largest absolute Gasteiger partial charge is 0.434 e. The van der Waals surface area contributed by atoms with Gasteiger partial charge in [0, 0.05) is 43.2 Å². The predicted molar refractivity (Wildman–Crippen MR) is 128 cm³/mol. The van der Waals surface area contributed by atoms with Gasteiger partial charge in [-0.15, -0.1) is 0 Å². The summed E-state index contributed by atoms with van der Waals surface area (Å²) in [5, 5.41) is 0.550. The summed E-state index contributed by atoms with van der Waals surface area (Å²) in [7, 11) is 0. The molecule has 1 aliphatic heterocycles. The van der Waals surface area contributed by atoms with Crippen molar-refractivity contribution in [2.75, 3.05) is 31.2 Å². The Balaban J connectivity index is 1.53. The van der Waals surface area contributed by atoms with Crippen molar-refractivity contribution in [3.8, 4) is 16.9 Å². The zero-order valence-corrected chi connectivity index (χ0v) is 19.2. The van der Waals surface area contributed by atoms with Crippen molar-refractivity contribution in [1.82, 2.24) is 19.3 Å². The third kappa shape index (κ3) is 4.61. The van der Waals surface area contributed by atoms with E-state index in [1.54, 1.807) is 46.0 Å². The van der Waals surface area contributed by atoms with E-state index in [-0.39, 0.29) is 17.9 Å². The molecule has 0 atom stereocenters. The molecule has 10 heteroatoms. The normalized spacial score (nSPS) is 14.1. The second kappa shape index (κ2) is 9.83. The molecule has 1 saturated heterocycles. The summed E-state index contributed by atoms with van der Waals surface area (Å²) in [4.78, 5) is 24.2. The van der Waals surface area contributed by atoms with Crippen LogP contribution in [0.2, 0.25) is 0 Å². The molecule has 5 rings (SSSR count). The van der Waals surface area contributed by atoms with E-state index in [9.17, 15) is 13.6 Å². The number of anilines is 1. The highest BCUT2D eigenvalue weighted by Gasteiger charge is 2.17. The number of fused-ring (bicyclic) bond motifs is 1. The second-order valence-electron chi connectivity index (χ2n) is 8.17. The number of rotatable bonds is 7. The number of alkyl halides is 2. The molecule has 2 aromatic carbocycles. The van der Waals surface area contributed by atoms with E-state index >= 15 is 0 Å². The standard InChI is InChI=1S/C25H25F2N5O3/c1-2-31-23(33)20-8-7-17(19-14-28-25(29-15-19)30-9-11-34-12-10-30)13-21(20)32(31)16-18-5-3-4-6-22(18)35-24(26)27/h3-8,13-15,24H,2,9-12,16H2,1H3. The van der Waals surface area contributed by atoms with Gasteiger partial charge in [-0.2, -0.15) is 8.78 Å². The Morgan fingerprint density at radius 2 is 1.77 bits per heavy atom. The summed E-state index contributed by atoms with van der Waals surface area (Å²) in [6.45, 7) is 2.37. The maximum absolute atomic E-state index is 13.1. The Morgan fingerprint density at radius 3 is 2.49 bits per heavy atom. The van der Waals surface area contributed by atoms with Crippen LogP contribution in [0.4, 0.5) is 14.7 Å². The van der Waals surface area contributed by atoms with Gasteiger partial charge in [0.25, 0.3) is 5.56 Å². The Labute approximate surface area is 200 Å². The van der Waals surface area contributed by atoms with Crippen LogP contribution in [0.25, 0.3) is 22.0 Å². The fourth-order valence-corrected chi connectivity index (χ4v) is 4.37. The van der Waals surface area contributed by atoms with Gasteiger partial charge in [-0.1, -0.05) is 24.3 Å². The minimum absolute atomic E-state index is 0.0858. The van der Waals surface area contributed by atoms with Gasteiger partial charge in [0.2, 0.25) is 5.95 Å². The monoisotopic (exact) mass is 481 g/mol. The molecule has 8 nitrogen and oxygen atoms in total. The van der Waals surface area contributed by atoms with Crippen LogP contribution in [-0.4, -0.2) is 52.2 Å². The molecule has 35 heavy (non-hydrogen) atoms. The molecular formula is C25H25F2N5O3. The first-order valence-electron chi connectivity index (χ1n) is 11.5. The third-order valence-electron chi connectivity index (χ3n) is 6.11. The van der Waals surface area contributed by atoms with Crippen LogP contribution in [0.15, 0.2) is 59.7 Å². The van der Waals surface area contributed by atoms with Gasteiger partial charge >= 0.3 is 6.61 Å². The molecule has 0 spiro atoms. The number of nitrogens with zero attached hydrogens (tertiary/aromatic N) is 5. The van der Waals surface area contributed by atoms with E-state index in [2.05, 4.69) is 14.9 Å². The fraction of sp³-hybridized carbons (Fsp3) is 0.320. The molecule has 4 aromatic rings. The van der Waals surface area contributed by atoms with Crippen molar-refractivity contribution in [1.29, 1.82) is 0 Å². The molecule has 0 bridgehead atoms. The van der Waals surface area contributed by atoms with Crippen molar-refractivity contribution in [2.24, 2.45) is 0 Å². The molecule has 1 fully saturated rings. The first kappa shape index (κ1) is 23.0. The number of morpholine rings is 1. The first-order chi connectivity index (χ1) is 17.0. The summed E-state index contributed by atoms with van der Waals surface area (Å²) < 4.78 is 39.3. The van der Waals surface area contributed by atoms with Crippen LogP contribution in [0.1, 0.15) is 12.5 Å². The molecule has 182 valence electrons. The van der Waals surface area contributed by atoms with E-state index in [0.29, 0.717) is 42.2 Å². The van der Waals surface area contributed by atoms with Gasteiger partial charge < -0.3 is 14.4 Å². The minimum Gasteiger partial charge on any atom is -0.434 e. The Hall–Kier alpha value is -3.79. The van der Waals surface area contributed by atoms with Crippen LogP contribution >= 0.6 is 0 Å². The zero-order chi connectivity index (χ0) is 24.4. The number of hydrogen-bond donors (Lipinski definition) is 0. The van der Waals surface area contributed by atoms with Gasteiger partial charge in [0.15, 0.2) is 0 Å². The molecule has 2 aromatic heterocycles. The fourth-order valence-electron chi connectivity index (χ4n) is 4.37. The number of hydrogen-bond acceptors (Lipinski definition) is 6. The maximum atomic E-state index is 13.1. The van der Waals surface area contributed by atoms with Crippen LogP contribution < -0.4 is 15.2 Å². The van der Waals surface area contributed by atoms with E-state index in [0.717, 1.165) is 24.2 Å². The first-order valence-corrected chi connectivity index (χ1v) is 11.5. The zero-order valence-electron chi connectivity index (χ0n) is 19.2. The topological polar surface area (TPSA) is 74.4 Å². The summed E-state index contributed by atoms with van der Waals surface area (Å²) in [6, 6.07) is 12.2. The highest BCUT2D eigenvalue weighted by molar-refractivity contribution is 5.84. The van der Waals surface area contributed by atoms with Crippen LogP contribution in [0, 0.1) is 0 Å². The van der Waals surface area contributed by atoms with E-state index in [1.807, 2.05) is 19.1 Å². The van der Waals surface area contributed by atoms with Gasteiger partial charge in [-0.25, -0.2) is 14.6 Å². The average Bonchev–Trinajstić information content (AvgIpc) is 3.15. The molecule has 0 radical (unpaired) electrons. The number of benzene rings is 2. The van der Waals surface area contributed by atoms with Gasteiger partial charge in [-0.3, -0.25) is 9.48 Å². The smallest absolute Gasteiger partial charge is 0.387 e. The second-order valence-corrected chi connectivity index (χ2v) is 8.17. The van der Waals surface area contributed by atoms with Crippen LogP contribution in [0.3, 0.4) is 0 Å². The van der Waals surface area contributed by atoms with E-state index in [4.69, 9.17) is 9.47 Å². The number of halogens is 2. The molecule has 3 heterocycles. The van der Waals surface area contributed by atoms with Gasteiger partial charge in [-0.05, 0) is 30.7 Å². The van der Waals surface area contributed by atoms with E-state index in [1.165, 1.54) is 6.07 Å². The molecule has 0 amide bonds. The molecule has 1 aliphatic rings. The number of aromatic nitrogens is 4. The van der Waals surface area contributed by atoms with Crippen molar-refractivity contribution < 1.29 is 18.3 Å². The molecule has 0 N–H and O–H groups in total. The number of ether oxygens (including phenoxy) is 2. The highest BCUT2D eigenvalue weighted by atomic mass is 19.3. The highest BCUT2D eigenvalue weighted by Crippen LogP contribution is 2.26. The summed E-state index contributed by atoms with van der Waals surface area (Å²) in [5.41, 5.74) is 2.77. The Bertz CT molecular complexity index is 1380. The lowest BCUT2D eigenvalue weighted by Gasteiger charge is -2.26. The van der Waals surface area contributed by atoms with Crippen molar-refractivity contribution >= 4 is 16.9 Å². The lowest BCUT2D eigenvalue weighted by Crippen LogP contribution is -2.37. The summed E-state index contributed by atoms with van der Waals surface area (Å²) >= 11 is 0. The lowest BCUT2D eigenvalue weighted by atomic mass is 10.1. The van der Waals surface area contributed by atoms with Crippen LogP contribution in [0.5, 0.6) is 5.75 Å². The van der Waals surface area contributed by atoms with Gasteiger partial charge in [0.1, 0.15) is 5.75 Å². The Morgan fingerprint density at radius 1 is 1.03 bits per heavy atom. The average molecular weight is 482 g/mol. The Kier molecular flexibility index (Phi) is 6.45. The summed E-state index contributed by atoms with van der Waals surface area (Å²) in [5.74, 6) is 0.741. The lowest BCUT2D eigenvalue weighted by molar-refractivity contribution is -0.0505. The maximum Gasteiger partial charge on any atom is 0.387 e. The van der Waals surface area contributed by atoms with Crippen molar-refractivity contribution in [3.63, 3.8) is 0 Å². The molecule has 0 unspecified atom stereocenters. The molecule has 0 saturated carbocycles. The SMILES string of the molecule is CCn1c(=O)c2ccc(-c3cnc(N4CCOCC4)nc3)cc2n1Cc1ccccc1OC(F)F. The van der Waals surface area contributed by atoms with E-state index < -0.39 is 6.61 Å². The molecule has 0 aliphatic carbocycles. The minimum atomic E-state index is -2.93. The van der Waals surface area contributed by atoms with Crippen molar-refractivity contribution in [2.45, 2.75) is 26.6 Å². The van der Waals surface area contributed by atoms with Gasteiger partial charge in [0.05, 0.1) is 30.7 Å². The third-order valence-corrected chi connectivity index (χ3v) is 6.11.